The van der Waals surface area contributed by atoms with Crippen molar-refractivity contribution >= 4 is 5.78 Å². The molecule has 3 aromatic rings. The molecule has 0 aliphatic heterocycles. The lowest BCUT2D eigenvalue weighted by Crippen LogP contribution is -2.00. The van der Waals surface area contributed by atoms with Crippen molar-refractivity contribution < 1.29 is 9.53 Å². The Labute approximate surface area is 136 Å². The van der Waals surface area contributed by atoms with E-state index in [1.165, 1.54) is 0 Å². The van der Waals surface area contributed by atoms with E-state index in [0.29, 0.717) is 17.7 Å². The summed E-state index contributed by atoms with van der Waals surface area (Å²) < 4.78 is 5.53. The predicted molar refractivity (Wildman–Crippen MR) is 92.9 cm³/mol. The van der Waals surface area contributed by atoms with Crippen LogP contribution in [0.2, 0.25) is 0 Å². The number of hydrogen-bond donors (Lipinski definition) is 0. The monoisotopic (exact) mass is 302 g/mol. The third-order valence-corrected chi connectivity index (χ3v) is 3.66. The molecule has 0 saturated carbocycles. The minimum atomic E-state index is 0.0419. The number of hydrogen-bond acceptors (Lipinski definition) is 2. The van der Waals surface area contributed by atoms with Crippen molar-refractivity contribution in [1.82, 2.24) is 0 Å². The van der Waals surface area contributed by atoms with Gasteiger partial charge in [-0.05, 0) is 30.2 Å². The van der Waals surface area contributed by atoms with Gasteiger partial charge in [-0.3, -0.25) is 4.79 Å². The molecule has 0 N–H and O–H groups in total. The molecule has 0 spiro atoms. The van der Waals surface area contributed by atoms with E-state index in [1.54, 1.807) is 0 Å². The molecule has 2 nitrogen and oxygen atoms in total. The quantitative estimate of drug-likeness (QED) is 0.621. The summed E-state index contributed by atoms with van der Waals surface area (Å²) in [5.41, 5.74) is 3.55. The van der Waals surface area contributed by atoms with Crippen LogP contribution in [0.25, 0.3) is 11.1 Å². The molecule has 23 heavy (non-hydrogen) atoms. The summed E-state index contributed by atoms with van der Waals surface area (Å²) in [5, 5.41) is 0. The highest BCUT2D eigenvalue weighted by molar-refractivity contribution is 6.09. The molecule has 0 bridgehead atoms. The van der Waals surface area contributed by atoms with Crippen molar-refractivity contribution in [2.24, 2.45) is 0 Å². The Balaban J connectivity index is 1.85. The summed E-state index contributed by atoms with van der Waals surface area (Å²) in [6.45, 7) is 2.62. The molecule has 0 fully saturated rings. The average molecular weight is 302 g/mol. The van der Waals surface area contributed by atoms with E-state index >= 15 is 0 Å². The maximum absolute atomic E-state index is 12.4. The molecule has 2 heteroatoms. The minimum Gasteiger partial charge on any atom is -0.494 e. The van der Waals surface area contributed by atoms with E-state index in [2.05, 4.69) is 0 Å². The minimum absolute atomic E-state index is 0.0419. The smallest absolute Gasteiger partial charge is 0.193 e. The van der Waals surface area contributed by atoms with Crippen molar-refractivity contribution in [3.63, 3.8) is 0 Å². The van der Waals surface area contributed by atoms with E-state index in [9.17, 15) is 4.79 Å². The van der Waals surface area contributed by atoms with Crippen molar-refractivity contribution in [2.75, 3.05) is 6.61 Å². The van der Waals surface area contributed by atoms with Crippen LogP contribution in [-0.4, -0.2) is 12.4 Å². The molecule has 114 valence electrons. The lowest BCUT2D eigenvalue weighted by atomic mass is 9.99. The first-order chi connectivity index (χ1) is 11.3. The fraction of sp³-hybridized carbons (Fsp3) is 0.0952. The highest BCUT2D eigenvalue weighted by Crippen LogP contribution is 2.24. The summed E-state index contributed by atoms with van der Waals surface area (Å²) >= 11 is 0. The Morgan fingerprint density at radius 2 is 1.48 bits per heavy atom. The Bertz CT molecular complexity index is 790. The van der Waals surface area contributed by atoms with Crippen molar-refractivity contribution in [3.05, 3.63) is 90.0 Å². The molecule has 0 aromatic heterocycles. The number of benzene rings is 3. The molecular weight excluding hydrogens is 284 g/mol. The van der Waals surface area contributed by atoms with Crippen LogP contribution in [0.5, 0.6) is 5.75 Å². The summed E-state index contributed by atoms with van der Waals surface area (Å²) in [6.07, 6.45) is 0. The summed E-state index contributed by atoms with van der Waals surface area (Å²) in [7, 11) is 0. The fourth-order valence-corrected chi connectivity index (χ4v) is 2.50. The lowest BCUT2D eigenvalue weighted by molar-refractivity contribution is 0.103. The first-order valence-corrected chi connectivity index (χ1v) is 7.71. The normalized spacial score (nSPS) is 10.3. The van der Waals surface area contributed by atoms with Crippen LogP contribution in [0, 0.1) is 0 Å². The molecule has 0 heterocycles. The zero-order valence-electron chi connectivity index (χ0n) is 13.0. The van der Waals surface area contributed by atoms with Gasteiger partial charge in [-0.25, -0.2) is 0 Å². The first-order valence-electron chi connectivity index (χ1n) is 7.71. The maximum atomic E-state index is 12.4. The second-order valence-electron chi connectivity index (χ2n) is 5.23. The second-order valence-corrected chi connectivity index (χ2v) is 5.23. The van der Waals surface area contributed by atoms with Crippen LogP contribution in [0.3, 0.4) is 0 Å². The van der Waals surface area contributed by atoms with E-state index in [1.807, 2.05) is 85.8 Å². The van der Waals surface area contributed by atoms with Gasteiger partial charge in [0.15, 0.2) is 5.78 Å². The van der Waals surface area contributed by atoms with Gasteiger partial charge in [-0.15, -0.1) is 0 Å². The van der Waals surface area contributed by atoms with Crippen LogP contribution in [0.4, 0.5) is 0 Å². The number of carbonyl (C=O) groups excluding carboxylic acids is 1. The highest BCUT2D eigenvalue weighted by Gasteiger charge is 2.08. The van der Waals surface area contributed by atoms with E-state index < -0.39 is 0 Å². The van der Waals surface area contributed by atoms with Gasteiger partial charge in [0, 0.05) is 11.1 Å². The van der Waals surface area contributed by atoms with E-state index in [0.717, 1.165) is 16.9 Å². The van der Waals surface area contributed by atoms with Crippen molar-refractivity contribution in [3.8, 4) is 16.9 Å². The van der Waals surface area contributed by atoms with Gasteiger partial charge >= 0.3 is 0 Å². The summed E-state index contributed by atoms with van der Waals surface area (Å²) in [6, 6.07) is 25.0. The Kier molecular flexibility index (Phi) is 4.53. The number of ketones is 1. The molecule has 0 aliphatic carbocycles. The zero-order chi connectivity index (χ0) is 16.1. The Morgan fingerprint density at radius 3 is 2.17 bits per heavy atom. The summed E-state index contributed by atoms with van der Waals surface area (Å²) in [5.74, 6) is 0.898. The SMILES string of the molecule is CCOc1cccc(-c2ccc(C(=O)c3ccccc3)cc2)c1. The largest absolute Gasteiger partial charge is 0.494 e. The van der Waals surface area contributed by atoms with Crippen LogP contribution in [0.15, 0.2) is 78.9 Å². The topological polar surface area (TPSA) is 26.3 Å². The Hall–Kier alpha value is -2.87. The van der Waals surface area contributed by atoms with Crippen LogP contribution in [-0.2, 0) is 0 Å². The molecule has 3 aromatic carbocycles. The van der Waals surface area contributed by atoms with Gasteiger partial charge in [0.2, 0.25) is 0 Å². The fourth-order valence-electron chi connectivity index (χ4n) is 2.50. The number of ether oxygens (including phenoxy) is 1. The zero-order valence-corrected chi connectivity index (χ0v) is 13.0. The standard InChI is InChI=1S/C21H18O2/c1-2-23-20-10-6-9-19(15-20)16-11-13-18(14-12-16)21(22)17-7-4-3-5-8-17/h3-15H,2H2,1H3. The third kappa shape index (κ3) is 3.49. The molecule has 0 radical (unpaired) electrons. The van der Waals surface area contributed by atoms with Gasteiger partial charge in [0.05, 0.1) is 6.61 Å². The van der Waals surface area contributed by atoms with Gasteiger partial charge in [-0.2, -0.15) is 0 Å². The van der Waals surface area contributed by atoms with Crippen LogP contribution in [0.1, 0.15) is 22.8 Å². The van der Waals surface area contributed by atoms with Crippen LogP contribution >= 0.6 is 0 Å². The molecule has 3 rings (SSSR count). The van der Waals surface area contributed by atoms with Crippen LogP contribution < -0.4 is 4.74 Å². The van der Waals surface area contributed by atoms with E-state index in [4.69, 9.17) is 4.74 Å². The van der Waals surface area contributed by atoms with Gasteiger partial charge in [0.1, 0.15) is 5.75 Å². The van der Waals surface area contributed by atoms with Gasteiger partial charge in [-0.1, -0.05) is 66.7 Å². The lowest BCUT2D eigenvalue weighted by Gasteiger charge is -2.07. The third-order valence-electron chi connectivity index (χ3n) is 3.66. The average Bonchev–Trinajstić information content (AvgIpc) is 2.62. The number of rotatable bonds is 5. The van der Waals surface area contributed by atoms with Crippen molar-refractivity contribution in [1.29, 1.82) is 0 Å². The molecule has 0 unspecified atom stereocenters. The maximum Gasteiger partial charge on any atom is 0.193 e. The van der Waals surface area contributed by atoms with Crippen molar-refractivity contribution in [2.45, 2.75) is 6.92 Å². The molecule has 0 atom stereocenters. The van der Waals surface area contributed by atoms with Gasteiger partial charge in [0.25, 0.3) is 0 Å². The summed E-state index contributed by atoms with van der Waals surface area (Å²) in [4.78, 5) is 12.4. The molecular formula is C21H18O2. The Morgan fingerprint density at radius 1 is 0.783 bits per heavy atom. The van der Waals surface area contributed by atoms with Gasteiger partial charge < -0.3 is 4.74 Å². The van der Waals surface area contributed by atoms with E-state index in [-0.39, 0.29) is 5.78 Å². The molecule has 0 amide bonds. The number of carbonyl (C=O) groups is 1. The second kappa shape index (κ2) is 6.93. The first kappa shape index (κ1) is 15.0. The molecule has 0 aliphatic rings. The predicted octanol–water partition coefficient (Wildman–Crippen LogP) is 4.98. The highest BCUT2D eigenvalue weighted by atomic mass is 16.5. The molecule has 0 saturated heterocycles.